The van der Waals surface area contributed by atoms with Crippen LogP contribution in [0.5, 0.6) is 0 Å². The fourth-order valence-electron chi connectivity index (χ4n) is 2.91. The van der Waals surface area contributed by atoms with Gasteiger partial charge in [0.05, 0.1) is 13.1 Å². The zero-order valence-corrected chi connectivity index (χ0v) is 13.3. The lowest BCUT2D eigenvalue weighted by molar-refractivity contribution is 0.0865. The zero-order chi connectivity index (χ0) is 15.5. The molecule has 0 saturated heterocycles. The minimum absolute atomic E-state index is 0.0738. The van der Waals surface area contributed by atoms with Crippen LogP contribution < -0.4 is 5.32 Å². The lowest BCUT2D eigenvalue weighted by Gasteiger charge is -2.22. The molecule has 1 aliphatic carbocycles. The van der Waals surface area contributed by atoms with E-state index < -0.39 is 0 Å². The number of nitrogens with one attached hydrogen (secondary N) is 1. The molecule has 5 nitrogen and oxygen atoms in total. The molecule has 0 aromatic heterocycles. The number of nitrogens with zero attached hydrogens (tertiary/aromatic N) is 2. The SMILES string of the molecule is CCC(C)OC(=O)N1CCN=C1Nc1cccc2c1CCC2. The first kappa shape index (κ1) is 14.9. The summed E-state index contributed by atoms with van der Waals surface area (Å²) in [4.78, 5) is 18.3. The number of hydrogen-bond donors (Lipinski definition) is 1. The number of hydrogen-bond acceptors (Lipinski definition) is 4. The van der Waals surface area contributed by atoms with Crippen molar-refractivity contribution in [2.75, 3.05) is 18.4 Å². The zero-order valence-electron chi connectivity index (χ0n) is 13.3. The molecular formula is C17H23N3O2. The summed E-state index contributed by atoms with van der Waals surface area (Å²) >= 11 is 0. The van der Waals surface area contributed by atoms with Crippen LogP contribution >= 0.6 is 0 Å². The van der Waals surface area contributed by atoms with Gasteiger partial charge in [0.25, 0.3) is 0 Å². The molecule has 0 fully saturated rings. The van der Waals surface area contributed by atoms with Crippen LogP contribution in [0.25, 0.3) is 0 Å². The van der Waals surface area contributed by atoms with Gasteiger partial charge in [-0.1, -0.05) is 19.1 Å². The fourth-order valence-corrected chi connectivity index (χ4v) is 2.91. The Morgan fingerprint density at radius 1 is 1.45 bits per heavy atom. The summed E-state index contributed by atoms with van der Waals surface area (Å²) in [5.74, 6) is 0.605. The van der Waals surface area contributed by atoms with Crippen molar-refractivity contribution >= 4 is 17.7 Å². The average molecular weight is 301 g/mol. The fraction of sp³-hybridized carbons (Fsp3) is 0.529. The average Bonchev–Trinajstić information content (AvgIpc) is 3.16. The number of aryl methyl sites for hydroxylation is 1. The predicted octanol–water partition coefficient (Wildman–Crippen LogP) is 3.19. The van der Waals surface area contributed by atoms with Gasteiger partial charge >= 0.3 is 6.09 Å². The number of amides is 1. The van der Waals surface area contributed by atoms with Crippen LogP contribution in [0.2, 0.25) is 0 Å². The van der Waals surface area contributed by atoms with Crippen LogP contribution in [0.4, 0.5) is 10.5 Å². The maximum absolute atomic E-state index is 12.2. The van der Waals surface area contributed by atoms with Gasteiger partial charge in [0.1, 0.15) is 6.10 Å². The van der Waals surface area contributed by atoms with Crippen molar-refractivity contribution in [3.05, 3.63) is 29.3 Å². The smallest absolute Gasteiger partial charge is 0.416 e. The topological polar surface area (TPSA) is 53.9 Å². The highest BCUT2D eigenvalue weighted by Crippen LogP contribution is 2.29. The molecule has 5 heteroatoms. The van der Waals surface area contributed by atoms with Gasteiger partial charge in [0, 0.05) is 5.69 Å². The van der Waals surface area contributed by atoms with Crippen LogP contribution in [0.1, 0.15) is 37.8 Å². The molecule has 118 valence electrons. The number of carbonyl (C=O) groups excluding carboxylic acids is 1. The second-order valence-electron chi connectivity index (χ2n) is 5.88. The molecule has 0 bridgehead atoms. The van der Waals surface area contributed by atoms with Crippen LogP contribution in [0, 0.1) is 0 Å². The Morgan fingerprint density at radius 2 is 2.32 bits per heavy atom. The number of guanidine groups is 1. The van der Waals surface area contributed by atoms with Gasteiger partial charge in [-0.15, -0.1) is 0 Å². The number of aliphatic imine (C=N–C) groups is 1. The van der Waals surface area contributed by atoms with Gasteiger partial charge < -0.3 is 10.1 Å². The van der Waals surface area contributed by atoms with Crippen molar-refractivity contribution in [3.63, 3.8) is 0 Å². The van der Waals surface area contributed by atoms with Crippen molar-refractivity contribution in [3.8, 4) is 0 Å². The Kier molecular flexibility index (Phi) is 4.32. The van der Waals surface area contributed by atoms with Crippen LogP contribution in [-0.4, -0.2) is 36.1 Å². The predicted molar refractivity (Wildman–Crippen MR) is 87.3 cm³/mol. The maximum Gasteiger partial charge on any atom is 0.416 e. The first-order valence-electron chi connectivity index (χ1n) is 8.09. The Balaban J connectivity index is 1.72. The second kappa shape index (κ2) is 6.38. The summed E-state index contributed by atoms with van der Waals surface area (Å²) in [5.41, 5.74) is 3.82. The summed E-state index contributed by atoms with van der Waals surface area (Å²) in [7, 11) is 0. The summed E-state index contributed by atoms with van der Waals surface area (Å²) in [6.45, 7) is 5.10. The Hall–Kier alpha value is -2.04. The highest BCUT2D eigenvalue weighted by molar-refractivity contribution is 6.03. The van der Waals surface area contributed by atoms with E-state index >= 15 is 0 Å². The highest BCUT2D eigenvalue weighted by Gasteiger charge is 2.27. The van der Waals surface area contributed by atoms with Gasteiger partial charge in [-0.3, -0.25) is 4.99 Å². The Bertz CT molecular complexity index is 598. The molecular weight excluding hydrogens is 278 g/mol. The van der Waals surface area contributed by atoms with Crippen LogP contribution in [0.15, 0.2) is 23.2 Å². The maximum atomic E-state index is 12.2. The van der Waals surface area contributed by atoms with Crippen molar-refractivity contribution in [2.45, 2.75) is 45.6 Å². The van der Waals surface area contributed by atoms with Gasteiger partial charge in [-0.05, 0) is 49.8 Å². The monoisotopic (exact) mass is 301 g/mol. The number of carbonyl (C=O) groups is 1. The van der Waals surface area contributed by atoms with Crippen molar-refractivity contribution in [2.24, 2.45) is 4.99 Å². The highest BCUT2D eigenvalue weighted by atomic mass is 16.6. The van der Waals surface area contributed by atoms with Gasteiger partial charge in [0.2, 0.25) is 5.96 Å². The lowest BCUT2D eigenvalue weighted by atomic mass is 10.1. The first-order chi connectivity index (χ1) is 10.7. The van der Waals surface area contributed by atoms with Crippen LogP contribution in [0.3, 0.4) is 0 Å². The Morgan fingerprint density at radius 3 is 3.14 bits per heavy atom. The number of fused-ring (bicyclic) bond motifs is 1. The largest absolute Gasteiger partial charge is 0.446 e. The summed E-state index contributed by atoms with van der Waals surface area (Å²) in [6, 6.07) is 6.30. The number of anilines is 1. The molecule has 1 aromatic carbocycles. The third-order valence-electron chi connectivity index (χ3n) is 4.33. The molecule has 1 aromatic rings. The molecule has 0 radical (unpaired) electrons. The van der Waals surface area contributed by atoms with E-state index in [1.54, 1.807) is 4.90 Å². The molecule has 1 amide bonds. The molecule has 1 N–H and O–H groups in total. The summed E-state index contributed by atoms with van der Waals surface area (Å²) in [6.07, 6.45) is 3.84. The molecule has 0 spiro atoms. The second-order valence-corrected chi connectivity index (χ2v) is 5.88. The molecule has 22 heavy (non-hydrogen) atoms. The van der Waals surface area contributed by atoms with Crippen molar-refractivity contribution < 1.29 is 9.53 Å². The Labute approximate surface area is 131 Å². The minimum atomic E-state index is -0.314. The summed E-state index contributed by atoms with van der Waals surface area (Å²) < 4.78 is 5.41. The quantitative estimate of drug-likeness (QED) is 0.933. The van der Waals surface area contributed by atoms with Crippen molar-refractivity contribution in [1.82, 2.24) is 4.90 Å². The minimum Gasteiger partial charge on any atom is -0.446 e. The van der Waals surface area contributed by atoms with E-state index in [-0.39, 0.29) is 12.2 Å². The molecule has 3 rings (SSSR count). The van der Waals surface area contributed by atoms with E-state index in [1.165, 1.54) is 17.5 Å². The number of ether oxygens (including phenoxy) is 1. The van der Waals surface area contributed by atoms with Gasteiger partial charge in [-0.25, -0.2) is 9.69 Å². The van der Waals surface area contributed by atoms with E-state index in [1.807, 2.05) is 13.8 Å². The molecule has 0 saturated carbocycles. The third kappa shape index (κ3) is 2.93. The molecule has 1 aliphatic heterocycles. The molecule has 2 aliphatic rings. The summed E-state index contributed by atoms with van der Waals surface area (Å²) in [5, 5.41) is 3.34. The van der Waals surface area contributed by atoms with E-state index in [2.05, 4.69) is 28.5 Å². The van der Waals surface area contributed by atoms with E-state index in [4.69, 9.17) is 4.74 Å². The first-order valence-corrected chi connectivity index (χ1v) is 8.09. The third-order valence-corrected chi connectivity index (χ3v) is 4.33. The number of benzene rings is 1. The lowest BCUT2D eigenvalue weighted by Crippen LogP contribution is -2.40. The molecule has 1 unspecified atom stereocenters. The molecule has 1 atom stereocenters. The van der Waals surface area contributed by atoms with E-state index in [0.29, 0.717) is 19.0 Å². The van der Waals surface area contributed by atoms with Crippen LogP contribution in [-0.2, 0) is 17.6 Å². The number of rotatable bonds is 3. The van der Waals surface area contributed by atoms with Gasteiger partial charge in [-0.2, -0.15) is 0 Å². The normalized spacial score (nSPS) is 17.9. The molecule has 1 heterocycles. The van der Waals surface area contributed by atoms with E-state index in [0.717, 1.165) is 24.9 Å². The standard InChI is InChI=1S/C17H23N3O2/c1-3-12(2)22-17(21)20-11-10-18-16(20)19-15-9-5-7-13-6-4-8-14(13)15/h5,7,9,12H,3-4,6,8,10-11H2,1-2H3,(H,18,19). The van der Waals surface area contributed by atoms with Gasteiger partial charge in [0.15, 0.2) is 0 Å². The van der Waals surface area contributed by atoms with E-state index in [9.17, 15) is 4.79 Å². The van der Waals surface area contributed by atoms with Crippen molar-refractivity contribution in [1.29, 1.82) is 0 Å².